The Hall–Kier alpha value is -2.21. The van der Waals surface area contributed by atoms with Crippen molar-refractivity contribution in [1.82, 2.24) is 15.3 Å². The zero-order valence-corrected chi connectivity index (χ0v) is 11.7. The van der Waals surface area contributed by atoms with Crippen LogP contribution < -0.4 is 14.8 Å². The van der Waals surface area contributed by atoms with Crippen molar-refractivity contribution >= 4 is 0 Å². The van der Waals surface area contributed by atoms with E-state index in [0.29, 0.717) is 24.8 Å². The van der Waals surface area contributed by atoms with Crippen LogP contribution in [0.15, 0.2) is 30.6 Å². The summed E-state index contributed by atoms with van der Waals surface area (Å²) in [5.41, 5.74) is 1.56. The number of fused-ring (bicyclic) bond motifs is 1. The van der Waals surface area contributed by atoms with Crippen molar-refractivity contribution in [2.45, 2.75) is 19.0 Å². The summed E-state index contributed by atoms with van der Waals surface area (Å²) in [5, 5.41) is 3.37. The van der Waals surface area contributed by atoms with Crippen LogP contribution in [-0.2, 0) is 6.54 Å². The van der Waals surface area contributed by atoms with E-state index in [2.05, 4.69) is 15.3 Å². The molecule has 0 amide bonds. The van der Waals surface area contributed by atoms with Gasteiger partial charge in [-0.2, -0.15) is 0 Å². The first kappa shape index (κ1) is 13.8. The Labute approximate surface area is 122 Å². The summed E-state index contributed by atoms with van der Waals surface area (Å²) < 4.78 is 24.3. The lowest BCUT2D eigenvalue weighted by atomic mass is 10.0. The van der Waals surface area contributed by atoms with Crippen LogP contribution in [0.1, 0.15) is 23.7 Å². The molecule has 6 heteroatoms. The standard InChI is InChI=1S/C15H16FN3O2/c1-20-15-13(17-6-7-18-15)9-19-12-5-8-21-14-10(12)3-2-4-11(14)16/h2-4,6-7,12,19H,5,8-9H2,1H3/t12-/m0/s1. The number of hydrogen-bond donors (Lipinski definition) is 1. The molecule has 3 rings (SSSR count). The highest BCUT2D eigenvalue weighted by molar-refractivity contribution is 5.38. The van der Waals surface area contributed by atoms with Crippen LogP contribution in [0.3, 0.4) is 0 Å². The van der Waals surface area contributed by atoms with Gasteiger partial charge in [0.15, 0.2) is 11.6 Å². The molecule has 110 valence electrons. The highest BCUT2D eigenvalue weighted by Crippen LogP contribution is 2.34. The summed E-state index contributed by atoms with van der Waals surface area (Å²) >= 11 is 0. The second-order valence-electron chi connectivity index (χ2n) is 4.74. The van der Waals surface area contributed by atoms with Crippen LogP contribution in [0.5, 0.6) is 11.6 Å². The number of nitrogens with zero attached hydrogens (tertiary/aromatic N) is 2. The molecule has 1 N–H and O–H groups in total. The van der Waals surface area contributed by atoms with E-state index in [1.165, 1.54) is 6.07 Å². The molecule has 1 aromatic carbocycles. The molecule has 0 saturated carbocycles. The Bertz CT molecular complexity index is 636. The minimum absolute atomic E-state index is 0.0242. The molecule has 2 heterocycles. The summed E-state index contributed by atoms with van der Waals surface area (Å²) in [7, 11) is 1.56. The maximum Gasteiger partial charge on any atom is 0.236 e. The van der Waals surface area contributed by atoms with Crippen molar-refractivity contribution in [2.75, 3.05) is 13.7 Å². The molecule has 2 aromatic rings. The zero-order valence-electron chi connectivity index (χ0n) is 11.7. The quantitative estimate of drug-likeness (QED) is 0.935. The van der Waals surface area contributed by atoms with Crippen molar-refractivity contribution in [2.24, 2.45) is 0 Å². The molecule has 0 aliphatic carbocycles. The third kappa shape index (κ3) is 2.80. The van der Waals surface area contributed by atoms with Crippen LogP contribution in [0.25, 0.3) is 0 Å². The number of halogens is 1. The van der Waals surface area contributed by atoms with Crippen LogP contribution >= 0.6 is 0 Å². The molecule has 0 spiro atoms. The molecule has 0 saturated heterocycles. The number of para-hydroxylation sites is 1. The van der Waals surface area contributed by atoms with Crippen LogP contribution in [-0.4, -0.2) is 23.7 Å². The monoisotopic (exact) mass is 289 g/mol. The molecular weight excluding hydrogens is 273 g/mol. The first-order valence-corrected chi connectivity index (χ1v) is 6.78. The van der Waals surface area contributed by atoms with Crippen LogP contribution in [0, 0.1) is 5.82 Å². The van der Waals surface area contributed by atoms with E-state index in [0.717, 1.165) is 17.7 Å². The second-order valence-corrected chi connectivity index (χ2v) is 4.74. The molecule has 21 heavy (non-hydrogen) atoms. The van der Waals surface area contributed by atoms with Crippen molar-refractivity contribution in [3.63, 3.8) is 0 Å². The Balaban J connectivity index is 1.77. The predicted molar refractivity (Wildman–Crippen MR) is 74.7 cm³/mol. The molecule has 0 fully saturated rings. The average Bonchev–Trinajstić information content (AvgIpc) is 2.53. The minimum atomic E-state index is -0.323. The number of benzene rings is 1. The molecule has 0 unspecified atom stereocenters. The highest BCUT2D eigenvalue weighted by atomic mass is 19.1. The molecule has 1 aliphatic heterocycles. The van der Waals surface area contributed by atoms with E-state index >= 15 is 0 Å². The Kier molecular flexibility index (Phi) is 3.96. The fourth-order valence-corrected chi connectivity index (χ4v) is 2.46. The average molecular weight is 289 g/mol. The number of rotatable bonds is 4. The molecule has 0 bridgehead atoms. The van der Waals surface area contributed by atoms with E-state index in [9.17, 15) is 4.39 Å². The van der Waals surface area contributed by atoms with Crippen molar-refractivity contribution in [3.05, 3.63) is 47.7 Å². The number of ether oxygens (including phenoxy) is 2. The Morgan fingerprint density at radius 3 is 3.10 bits per heavy atom. The molecular formula is C15H16FN3O2. The third-order valence-corrected chi connectivity index (χ3v) is 3.47. The van der Waals surface area contributed by atoms with Crippen molar-refractivity contribution in [3.8, 4) is 11.6 Å². The van der Waals surface area contributed by atoms with Gasteiger partial charge in [-0.1, -0.05) is 12.1 Å². The molecule has 5 nitrogen and oxygen atoms in total. The van der Waals surface area contributed by atoms with Gasteiger partial charge in [-0.3, -0.25) is 4.98 Å². The number of aromatic nitrogens is 2. The van der Waals surface area contributed by atoms with E-state index in [4.69, 9.17) is 9.47 Å². The summed E-state index contributed by atoms with van der Waals surface area (Å²) in [6.45, 7) is 0.987. The summed E-state index contributed by atoms with van der Waals surface area (Å²) in [6, 6.07) is 5.01. The van der Waals surface area contributed by atoms with Gasteiger partial charge in [0.25, 0.3) is 0 Å². The number of nitrogens with one attached hydrogen (secondary N) is 1. The van der Waals surface area contributed by atoms with Gasteiger partial charge < -0.3 is 14.8 Å². The van der Waals surface area contributed by atoms with Crippen LogP contribution in [0.2, 0.25) is 0 Å². The fourth-order valence-electron chi connectivity index (χ4n) is 2.46. The van der Waals surface area contributed by atoms with Crippen molar-refractivity contribution in [1.29, 1.82) is 0 Å². The van der Waals surface area contributed by atoms with Gasteiger partial charge in [-0.05, 0) is 6.07 Å². The molecule has 1 atom stereocenters. The minimum Gasteiger partial charge on any atom is -0.490 e. The topological polar surface area (TPSA) is 56.3 Å². The van der Waals surface area contributed by atoms with Crippen LogP contribution in [0.4, 0.5) is 4.39 Å². The van der Waals surface area contributed by atoms with E-state index in [1.807, 2.05) is 6.07 Å². The maximum absolute atomic E-state index is 13.7. The van der Waals surface area contributed by atoms with Gasteiger partial charge in [-0.25, -0.2) is 9.37 Å². The van der Waals surface area contributed by atoms with Gasteiger partial charge in [-0.15, -0.1) is 0 Å². The summed E-state index contributed by atoms with van der Waals surface area (Å²) in [5.74, 6) is 0.514. The maximum atomic E-state index is 13.7. The van der Waals surface area contributed by atoms with Gasteiger partial charge >= 0.3 is 0 Å². The molecule has 1 aliphatic rings. The first-order valence-electron chi connectivity index (χ1n) is 6.78. The first-order chi connectivity index (χ1) is 10.3. The van der Waals surface area contributed by atoms with Gasteiger partial charge in [0.05, 0.1) is 13.7 Å². The summed E-state index contributed by atoms with van der Waals surface area (Å²) in [4.78, 5) is 8.36. The normalized spacial score (nSPS) is 17.0. The lowest BCUT2D eigenvalue weighted by Crippen LogP contribution is -2.27. The SMILES string of the molecule is COc1nccnc1CN[C@H]1CCOc2c(F)cccc21. The van der Waals surface area contributed by atoms with Gasteiger partial charge in [0.1, 0.15) is 5.69 Å². The molecule has 0 radical (unpaired) electrons. The lowest BCUT2D eigenvalue weighted by Gasteiger charge is -2.27. The second kappa shape index (κ2) is 6.05. The lowest BCUT2D eigenvalue weighted by molar-refractivity contribution is 0.239. The largest absolute Gasteiger partial charge is 0.490 e. The highest BCUT2D eigenvalue weighted by Gasteiger charge is 2.23. The van der Waals surface area contributed by atoms with Gasteiger partial charge in [0.2, 0.25) is 5.88 Å². The smallest absolute Gasteiger partial charge is 0.236 e. The van der Waals surface area contributed by atoms with E-state index in [-0.39, 0.29) is 11.9 Å². The fraction of sp³-hybridized carbons (Fsp3) is 0.333. The number of hydrogen-bond acceptors (Lipinski definition) is 5. The predicted octanol–water partition coefficient (Wildman–Crippen LogP) is 2.24. The number of methoxy groups -OCH3 is 1. The summed E-state index contributed by atoms with van der Waals surface area (Å²) in [6.07, 6.45) is 3.98. The van der Waals surface area contributed by atoms with Crippen molar-refractivity contribution < 1.29 is 13.9 Å². The van der Waals surface area contributed by atoms with Gasteiger partial charge in [0, 0.05) is 37.0 Å². The van der Waals surface area contributed by atoms with E-state index in [1.54, 1.807) is 25.6 Å². The van der Waals surface area contributed by atoms with E-state index < -0.39 is 0 Å². The zero-order chi connectivity index (χ0) is 14.7. The molecule has 1 aromatic heterocycles. The Morgan fingerprint density at radius 1 is 1.38 bits per heavy atom. The Morgan fingerprint density at radius 2 is 2.24 bits per heavy atom. The third-order valence-electron chi connectivity index (χ3n) is 3.47.